The van der Waals surface area contributed by atoms with Gasteiger partial charge in [0.05, 0.1) is 11.4 Å². The van der Waals surface area contributed by atoms with E-state index in [0.29, 0.717) is 22.2 Å². The molecule has 1 aliphatic rings. The molecule has 2 aromatic heterocycles. The molecule has 0 aromatic carbocycles. The first-order valence-corrected chi connectivity index (χ1v) is 10.9. The summed E-state index contributed by atoms with van der Waals surface area (Å²) in [4.78, 5) is 4.49. The van der Waals surface area contributed by atoms with Gasteiger partial charge in [-0.25, -0.2) is 18.1 Å². The van der Waals surface area contributed by atoms with Crippen LogP contribution in [0.25, 0.3) is 0 Å². The highest BCUT2D eigenvalue weighted by Crippen LogP contribution is 2.26. The Hall–Kier alpha value is -1.93. The average Bonchev–Trinajstić information content (AvgIpc) is 2.93. The van der Waals surface area contributed by atoms with Gasteiger partial charge in [0.1, 0.15) is 11.0 Å². The summed E-state index contributed by atoms with van der Waals surface area (Å²) in [6, 6.07) is 5.62. The van der Waals surface area contributed by atoms with Crippen molar-refractivity contribution in [2.24, 2.45) is 0 Å². The summed E-state index contributed by atoms with van der Waals surface area (Å²) >= 11 is 0. The van der Waals surface area contributed by atoms with Crippen LogP contribution in [0.3, 0.4) is 0 Å². The lowest BCUT2D eigenvalue weighted by Gasteiger charge is -2.29. The molecule has 3 rings (SSSR count). The third-order valence-electron chi connectivity index (χ3n) is 4.94. The molecule has 0 atom stereocenters. The van der Waals surface area contributed by atoms with Gasteiger partial charge in [0.15, 0.2) is 0 Å². The van der Waals surface area contributed by atoms with E-state index in [-0.39, 0.29) is 18.2 Å². The third kappa shape index (κ3) is 4.50. The standard InChI is InChI=1S/C19H28N4O3S/c1-13(2)23-15(4)19(14(3)21-23)27(24,25)22-16-8-10-17(11-9-16)26-18-7-5-6-12-20-18/h5-7,12-13,16-17,22H,8-11H2,1-4H3. The van der Waals surface area contributed by atoms with E-state index in [1.165, 1.54) is 0 Å². The highest BCUT2D eigenvalue weighted by Gasteiger charge is 2.30. The molecule has 27 heavy (non-hydrogen) atoms. The molecule has 8 heteroatoms. The van der Waals surface area contributed by atoms with Crippen LogP contribution in [0.15, 0.2) is 29.3 Å². The molecular formula is C19H28N4O3S. The molecule has 7 nitrogen and oxygen atoms in total. The normalized spacial score (nSPS) is 20.8. The largest absolute Gasteiger partial charge is 0.474 e. The van der Waals surface area contributed by atoms with Crippen molar-refractivity contribution >= 4 is 10.0 Å². The first-order valence-electron chi connectivity index (χ1n) is 9.43. The Bertz CT molecular complexity index is 870. The van der Waals surface area contributed by atoms with Gasteiger partial charge in [-0.3, -0.25) is 4.68 Å². The van der Waals surface area contributed by atoms with Crippen molar-refractivity contribution in [2.75, 3.05) is 0 Å². The fourth-order valence-corrected chi connectivity index (χ4v) is 5.41. The van der Waals surface area contributed by atoms with E-state index >= 15 is 0 Å². The van der Waals surface area contributed by atoms with Gasteiger partial charge in [0, 0.05) is 24.3 Å². The van der Waals surface area contributed by atoms with Gasteiger partial charge in [0.25, 0.3) is 0 Å². The second-order valence-electron chi connectivity index (χ2n) is 7.42. The molecule has 0 radical (unpaired) electrons. The zero-order valence-electron chi connectivity index (χ0n) is 16.3. The first kappa shape index (κ1) is 19.8. The van der Waals surface area contributed by atoms with Crippen LogP contribution in [0.2, 0.25) is 0 Å². The van der Waals surface area contributed by atoms with Crippen molar-refractivity contribution in [1.29, 1.82) is 0 Å². The van der Waals surface area contributed by atoms with E-state index in [9.17, 15) is 8.42 Å². The lowest BCUT2D eigenvalue weighted by Crippen LogP contribution is -2.40. The summed E-state index contributed by atoms with van der Waals surface area (Å²) in [5.74, 6) is 0.619. The summed E-state index contributed by atoms with van der Waals surface area (Å²) in [6.07, 6.45) is 4.87. The van der Waals surface area contributed by atoms with E-state index in [4.69, 9.17) is 4.74 Å². The number of aryl methyl sites for hydroxylation is 1. The van der Waals surface area contributed by atoms with Crippen molar-refractivity contribution in [3.05, 3.63) is 35.8 Å². The SMILES string of the molecule is Cc1nn(C(C)C)c(C)c1S(=O)(=O)NC1CCC(Oc2ccccn2)CC1. The smallest absolute Gasteiger partial charge is 0.244 e. The Morgan fingerprint density at radius 3 is 2.44 bits per heavy atom. The van der Waals surface area contributed by atoms with Crippen LogP contribution >= 0.6 is 0 Å². The maximum atomic E-state index is 12.9. The number of nitrogens with one attached hydrogen (secondary N) is 1. The molecule has 1 fully saturated rings. The minimum absolute atomic E-state index is 0.0767. The third-order valence-corrected chi connectivity index (χ3v) is 6.71. The van der Waals surface area contributed by atoms with Crippen LogP contribution < -0.4 is 9.46 Å². The summed E-state index contributed by atoms with van der Waals surface area (Å²) < 4.78 is 36.4. The van der Waals surface area contributed by atoms with Crippen LogP contribution in [-0.4, -0.2) is 35.3 Å². The fourth-order valence-electron chi connectivity index (χ4n) is 3.70. The Balaban J connectivity index is 1.63. The van der Waals surface area contributed by atoms with Crippen molar-refractivity contribution in [3.63, 3.8) is 0 Å². The van der Waals surface area contributed by atoms with Gasteiger partial charge < -0.3 is 4.74 Å². The van der Waals surface area contributed by atoms with E-state index < -0.39 is 10.0 Å². The topological polar surface area (TPSA) is 86.1 Å². The van der Waals surface area contributed by atoms with Crippen LogP contribution in [0.4, 0.5) is 0 Å². The minimum Gasteiger partial charge on any atom is -0.474 e. The Morgan fingerprint density at radius 1 is 1.19 bits per heavy atom. The molecule has 0 spiro atoms. The van der Waals surface area contributed by atoms with Crippen molar-refractivity contribution < 1.29 is 13.2 Å². The van der Waals surface area contributed by atoms with Crippen molar-refractivity contribution in [3.8, 4) is 5.88 Å². The number of ether oxygens (including phenoxy) is 1. The Kier molecular flexibility index (Phi) is 5.86. The Labute approximate surface area is 161 Å². The molecule has 0 bridgehead atoms. The number of hydrogen-bond acceptors (Lipinski definition) is 5. The lowest BCUT2D eigenvalue weighted by atomic mass is 9.94. The lowest BCUT2D eigenvalue weighted by molar-refractivity contribution is 0.138. The van der Waals surface area contributed by atoms with E-state index in [2.05, 4.69) is 14.8 Å². The number of sulfonamides is 1. The molecule has 1 N–H and O–H groups in total. The summed E-state index contributed by atoms with van der Waals surface area (Å²) in [5, 5.41) is 4.40. The number of nitrogens with zero attached hydrogens (tertiary/aromatic N) is 3. The molecule has 0 saturated heterocycles. The predicted octanol–water partition coefficient (Wildman–Crippen LogP) is 3.14. The monoisotopic (exact) mass is 392 g/mol. The molecule has 1 saturated carbocycles. The highest BCUT2D eigenvalue weighted by molar-refractivity contribution is 7.89. The van der Waals surface area contributed by atoms with Gasteiger partial charge in [-0.15, -0.1) is 0 Å². The fraction of sp³-hybridized carbons (Fsp3) is 0.579. The van der Waals surface area contributed by atoms with Gasteiger partial charge in [0.2, 0.25) is 15.9 Å². The number of hydrogen-bond donors (Lipinski definition) is 1. The van der Waals surface area contributed by atoms with Crippen LogP contribution in [0, 0.1) is 13.8 Å². The summed E-state index contributed by atoms with van der Waals surface area (Å²) in [6.45, 7) is 7.54. The van der Waals surface area contributed by atoms with Gasteiger partial charge in [-0.05, 0) is 59.4 Å². The second-order valence-corrected chi connectivity index (χ2v) is 9.07. The molecule has 2 aromatic rings. The summed E-state index contributed by atoms with van der Waals surface area (Å²) in [5.41, 5.74) is 1.23. The predicted molar refractivity (Wildman–Crippen MR) is 103 cm³/mol. The van der Waals surface area contributed by atoms with Crippen molar-refractivity contribution in [2.45, 2.75) is 76.5 Å². The maximum Gasteiger partial charge on any atom is 0.244 e. The van der Waals surface area contributed by atoms with Crippen LogP contribution in [0.5, 0.6) is 5.88 Å². The van der Waals surface area contributed by atoms with Crippen molar-refractivity contribution in [1.82, 2.24) is 19.5 Å². The molecular weight excluding hydrogens is 364 g/mol. The second kappa shape index (κ2) is 7.98. The van der Waals surface area contributed by atoms with Gasteiger partial charge in [-0.1, -0.05) is 6.07 Å². The average molecular weight is 393 g/mol. The molecule has 148 valence electrons. The van der Waals surface area contributed by atoms with Gasteiger partial charge in [-0.2, -0.15) is 5.10 Å². The molecule has 2 heterocycles. The maximum absolute atomic E-state index is 12.9. The van der Waals surface area contributed by atoms with E-state index in [0.717, 1.165) is 25.7 Å². The molecule has 0 amide bonds. The number of pyridine rings is 1. The molecule has 0 aliphatic heterocycles. The number of rotatable bonds is 6. The highest BCUT2D eigenvalue weighted by atomic mass is 32.2. The minimum atomic E-state index is -3.60. The quantitative estimate of drug-likeness (QED) is 0.816. The Morgan fingerprint density at radius 2 is 1.89 bits per heavy atom. The first-order chi connectivity index (χ1) is 12.8. The number of aromatic nitrogens is 3. The van der Waals surface area contributed by atoms with E-state index in [1.54, 1.807) is 17.8 Å². The summed E-state index contributed by atoms with van der Waals surface area (Å²) in [7, 11) is -3.60. The van der Waals surface area contributed by atoms with Gasteiger partial charge >= 0.3 is 0 Å². The molecule has 1 aliphatic carbocycles. The zero-order chi connectivity index (χ0) is 19.6. The van der Waals surface area contributed by atoms with Crippen LogP contribution in [0.1, 0.15) is 57.0 Å². The van der Waals surface area contributed by atoms with Crippen LogP contribution in [-0.2, 0) is 10.0 Å². The molecule has 0 unspecified atom stereocenters. The zero-order valence-corrected chi connectivity index (χ0v) is 17.2. The van der Waals surface area contributed by atoms with E-state index in [1.807, 2.05) is 39.0 Å².